The van der Waals surface area contributed by atoms with Crippen molar-refractivity contribution in [2.75, 3.05) is 13.9 Å². The summed E-state index contributed by atoms with van der Waals surface area (Å²) in [6.45, 7) is 3.89. The largest absolute Gasteiger partial charge is 0.515 e. The predicted octanol–water partition coefficient (Wildman–Crippen LogP) is 2.83. The minimum absolute atomic E-state index is 0.105. The summed E-state index contributed by atoms with van der Waals surface area (Å²) in [5.74, 6) is 0.448. The Morgan fingerprint density at radius 2 is 1.80 bits per heavy atom. The molecule has 4 nitrogen and oxygen atoms in total. The number of methoxy groups -OCH3 is 1. The molecule has 0 aromatic heterocycles. The molecule has 0 N–H and O–H groups in total. The number of para-hydroxylation sites is 1. The van der Waals surface area contributed by atoms with Gasteiger partial charge in [-0.3, -0.25) is 0 Å². The molecule has 0 atom stereocenters. The van der Waals surface area contributed by atoms with Gasteiger partial charge in [0.15, 0.2) is 6.79 Å². The van der Waals surface area contributed by atoms with E-state index in [1.54, 1.807) is 24.3 Å². The van der Waals surface area contributed by atoms with E-state index in [1.165, 1.54) is 7.11 Å². The second-order valence-electron chi connectivity index (χ2n) is 2.22. The van der Waals surface area contributed by atoms with E-state index in [2.05, 4.69) is 9.47 Å². The van der Waals surface area contributed by atoms with Gasteiger partial charge in [-0.15, -0.1) is 0 Å². The van der Waals surface area contributed by atoms with E-state index in [-0.39, 0.29) is 6.79 Å². The van der Waals surface area contributed by atoms with Gasteiger partial charge in [-0.05, 0) is 12.1 Å². The fourth-order valence-electron chi connectivity index (χ4n) is 0.721. The Labute approximate surface area is 89.8 Å². The van der Waals surface area contributed by atoms with Crippen LogP contribution in [0.1, 0.15) is 13.8 Å². The molecule has 0 aliphatic carbocycles. The highest BCUT2D eigenvalue weighted by molar-refractivity contribution is 5.63. The first kappa shape index (κ1) is 13.4. The molecule has 0 radical (unpaired) electrons. The van der Waals surface area contributed by atoms with Crippen molar-refractivity contribution >= 4 is 6.16 Å². The molecule has 0 saturated carbocycles. The van der Waals surface area contributed by atoms with Gasteiger partial charge in [0, 0.05) is 7.11 Å². The zero-order valence-electron chi connectivity index (χ0n) is 9.23. The lowest BCUT2D eigenvalue weighted by atomic mass is 10.3. The van der Waals surface area contributed by atoms with Crippen LogP contribution in [0.5, 0.6) is 5.75 Å². The van der Waals surface area contributed by atoms with Gasteiger partial charge in [-0.25, -0.2) is 4.79 Å². The van der Waals surface area contributed by atoms with E-state index in [9.17, 15) is 4.79 Å². The molecule has 4 heteroatoms. The van der Waals surface area contributed by atoms with Crippen molar-refractivity contribution in [3.05, 3.63) is 30.3 Å². The highest BCUT2D eigenvalue weighted by atomic mass is 16.8. The summed E-state index contributed by atoms with van der Waals surface area (Å²) in [6, 6.07) is 8.67. The van der Waals surface area contributed by atoms with Gasteiger partial charge in [-0.1, -0.05) is 32.0 Å². The highest BCUT2D eigenvalue weighted by Crippen LogP contribution is 2.08. The minimum atomic E-state index is -0.770. The summed E-state index contributed by atoms with van der Waals surface area (Å²) in [4.78, 5) is 10.8. The molecule has 15 heavy (non-hydrogen) atoms. The summed E-state index contributed by atoms with van der Waals surface area (Å²) in [6.07, 6.45) is -0.770. The third-order valence-electron chi connectivity index (χ3n) is 1.24. The highest BCUT2D eigenvalue weighted by Gasteiger charge is 2.03. The first-order valence-corrected chi connectivity index (χ1v) is 4.71. The van der Waals surface area contributed by atoms with E-state index in [0.717, 1.165) is 0 Å². The van der Waals surface area contributed by atoms with Crippen molar-refractivity contribution in [1.29, 1.82) is 0 Å². The maximum Gasteiger partial charge on any atom is 0.515 e. The van der Waals surface area contributed by atoms with Gasteiger partial charge < -0.3 is 14.2 Å². The predicted molar refractivity (Wildman–Crippen MR) is 56.8 cm³/mol. The molecule has 1 rings (SSSR count). The number of benzene rings is 1. The molecule has 0 unspecified atom stereocenters. The molecular formula is C11H16O4. The van der Waals surface area contributed by atoms with Gasteiger partial charge in [-0.2, -0.15) is 0 Å². The number of carbonyl (C=O) groups is 1. The van der Waals surface area contributed by atoms with Crippen LogP contribution in [-0.4, -0.2) is 20.1 Å². The van der Waals surface area contributed by atoms with Gasteiger partial charge in [0.05, 0.1) is 0 Å². The Morgan fingerprint density at radius 3 is 2.33 bits per heavy atom. The summed E-state index contributed by atoms with van der Waals surface area (Å²) in [7, 11) is 1.43. The molecule has 0 spiro atoms. The fraction of sp³-hybridized carbons (Fsp3) is 0.364. The van der Waals surface area contributed by atoms with Crippen LogP contribution in [0.25, 0.3) is 0 Å². The van der Waals surface area contributed by atoms with E-state index < -0.39 is 6.16 Å². The number of rotatable bonds is 3. The number of hydrogen-bond donors (Lipinski definition) is 0. The zero-order chi connectivity index (χ0) is 11.5. The SMILES string of the molecule is CC.COCOC(=O)Oc1ccccc1. The van der Waals surface area contributed by atoms with E-state index in [1.807, 2.05) is 19.9 Å². The lowest BCUT2D eigenvalue weighted by Gasteiger charge is -2.03. The van der Waals surface area contributed by atoms with Crippen molar-refractivity contribution in [3.8, 4) is 5.75 Å². The average molecular weight is 212 g/mol. The molecule has 1 aromatic rings. The summed E-state index contributed by atoms with van der Waals surface area (Å²) < 4.78 is 13.8. The quantitative estimate of drug-likeness (QED) is 0.439. The molecule has 1 aromatic carbocycles. The Balaban J connectivity index is 0.000000921. The maximum atomic E-state index is 10.8. The third kappa shape index (κ3) is 6.51. The number of carbonyl (C=O) groups excluding carboxylic acids is 1. The second kappa shape index (κ2) is 9.02. The maximum absolute atomic E-state index is 10.8. The molecule has 84 valence electrons. The monoisotopic (exact) mass is 212 g/mol. The topological polar surface area (TPSA) is 44.8 Å². The summed E-state index contributed by atoms with van der Waals surface area (Å²) in [5, 5.41) is 0. The molecule has 0 bridgehead atoms. The Hall–Kier alpha value is -1.55. The zero-order valence-corrected chi connectivity index (χ0v) is 9.23. The van der Waals surface area contributed by atoms with Crippen LogP contribution in [0.4, 0.5) is 4.79 Å². The van der Waals surface area contributed by atoms with Crippen molar-refractivity contribution in [2.24, 2.45) is 0 Å². The van der Waals surface area contributed by atoms with Crippen molar-refractivity contribution in [1.82, 2.24) is 0 Å². The van der Waals surface area contributed by atoms with Crippen molar-refractivity contribution in [3.63, 3.8) is 0 Å². The van der Waals surface area contributed by atoms with Crippen molar-refractivity contribution in [2.45, 2.75) is 13.8 Å². The van der Waals surface area contributed by atoms with E-state index >= 15 is 0 Å². The first-order valence-electron chi connectivity index (χ1n) is 4.71. The van der Waals surface area contributed by atoms with Crippen LogP contribution < -0.4 is 4.74 Å². The fourth-order valence-corrected chi connectivity index (χ4v) is 0.721. The summed E-state index contributed by atoms with van der Waals surface area (Å²) >= 11 is 0. The lowest BCUT2D eigenvalue weighted by Crippen LogP contribution is -2.11. The third-order valence-corrected chi connectivity index (χ3v) is 1.24. The molecular weight excluding hydrogens is 196 g/mol. The van der Waals surface area contributed by atoms with E-state index in [4.69, 9.17) is 4.74 Å². The van der Waals surface area contributed by atoms with E-state index in [0.29, 0.717) is 5.75 Å². The average Bonchev–Trinajstić information content (AvgIpc) is 2.30. The van der Waals surface area contributed by atoms with Crippen LogP contribution in [-0.2, 0) is 9.47 Å². The lowest BCUT2D eigenvalue weighted by molar-refractivity contribution is -0.00775. The Bertz CT molecular complexity index is 259. The van der Waals surface area contributed by atoms with Gasteiger partial charge in [0.2, 0.25) is 0 Å². The smallest absolute Gasteiger partial charge is 0.407 e. The molecule has 0 heterocycles. The molecule has 0 amide bonds. The van der Waals surface area contributed by atoms with Crippen LogP contribution in [0, 0.1) is 0 Å². The molecule has 0 fully saturated rings. The standard InChI is InChI=1S/C9H10O4.C2H6/c1-11-7-12-9(10)13-8-5-3-2-4-6-8;1-2/h2-6H,7H2,1H3;1-2H3. The first-order chi connectivity index (χ1) is 7.33. The number of hydrogen-bond acceptors (Lipinski definition) is 4. The van der Waals surface area contributed by atoms with Crippen molar-refractivity contribution < 1.29 is 19.0 Å². The normalized spacial score (nSPS) is 8.47. The Kier molecular flexibility index (Phi) is 8.09. The van der Waals surface area contributed by atoms with Gasteiger partial charge in [0.25, 0.3) is 0 Å². The Morgan fingerprint density at radius 1 is 1.20 bits per heavy atom. The molecule has 0 saturated heterocycles. The number of ether oxygens (including phenoxy) is 3. The van der Waals surface area contributed by atoms with Gasteiger partial charge >= 0.3 is 6.16 Å². The van der Waals surface area contributed by atoms with Crippen LogP contribution in [0.15, 0.2) is 30.3 Å². The van der Waals surface area contributed by atoms with Crippen LogP contribution in [0.3, 0.4) is 0 Å². The summed E-state index contributed by atoms with van der Waals surface area (Å²) in [5.41, 5.74) is 0. The molecule has 0 aliphatic heterocycles. The minimum Gasteiger partial charge on any atom is -0.407 e. The molecule has 0 aliphatic rings. The van der Waals surface area contributed by atoms with Crippen LogP contribution in [0.2, 0.25) is 0 Å². The second-order valence-corrected chi connectivity index (χ2v) is 2.22. The van der Waals surface area contributed by atoms with Gasteiger partial charge in [0.1, 0.15) is 5.75 Å². The van der Waals surface area contributed by atoms with Crippen LogP contribution >= 0.6 is 0 Å².